The van der Waals surface area contributed by atoms with E-state index in [4.69, 9.17) is 0 Å². The fourth-order valence-electron chi connectivity index (χ4n) is 0.980. The van der Waals surface area contributed by atoms with Crippen molar-refractivity contribution in [2.45, 2.75) is 20.0 Å². The second-order valence-electron chi connectivity index (χ2n) is 3.46. The average Bonchev–Trinajstić information content (AvgIpc) is 2.22. The van der Waals surface area contributed by atoms with Gasteiger partial charge in [-0.3, -0.25) is 4.79 Å². The lowest BCUT2D eigenvalue weighted by Crippen LogP contribution is -2.25. The van der Waals surface area contributed by atoms with Crippen LogP contribution in [0.5, 0.6) is 0 Å². The minimum Gasteiger partial charge on any atom is -0.392 e. The Kier molecular flexibility index (Phi) is 5.79. The van der Waals surface area contributed by atoms with Crippen LogP contribution < -0.4 is 0 Å². The standard InChI is InChI=1S/C10H17NO3/c1-8(4-5-11(3)7-13)10(14)9(2)6-12/h4-10,14H,1-3H3/b5-4+/t8-,9+,10-/m1/s1. The van der Waals surface area contributed by atoms with Gasteiger partial charge in [0.1, 0.15) is 6.29 Å². The molecular formula is C10H17NO3. The van der Waals surface area contributed by atoms with Crippen LogP contribution in [0.15, 0.2) is 12.3 Å². The summed E-state index contributed by atoms with van der Waals surface area (Å²) in [5.41, 5.74) is 0. The lowest BCUT2D eigenvalue weighted by molar-refractivity contribution is -0.115. The van der Waals surface area contributed by atoms with Crippen molar-refractivity contribution in [2.75, 3.05) is 7.05 Å². The average molecular weight is 199 g/mol. The predicted molar refractivity (Wildman–Crippen MR) is 53.4 cm³/mol. The molecule has 0 heterocycles. The van der Waals surface area contributed by atoms with Gasteiger partial charge in [-0.15, -0.1) is 0 Å². The molecule has 14 heavy (non-hydrogen) atoms. The second-order valence-corrected chi connectivity index (χ2v) is 3.46. The molecule has 0 radical (unpaired) electrons. The Morgan fingerprint density at radius 3 is 2.21 bits per heavy atom. The van der Waals surface area contributed by atoms with E-state index in [0.717, 1.165) is 6.29 Å². The van der Waals surface area contributed by atoms with Crippen molar-refractivity contribution in [3.63, 3.8) is 0 Å². The van der Waals surface area contributed by atoms with Crippen LogP contribution in [-0.4, -0.2) is 35.9 Å². The Labute approximate surface area is 84.2 Å². The maximum Gasteiger partial charge on any atom is 0.213 e. The third-order valence-corrected chi connectivity index (χ3v) is 2.08. The Hall–Kier alpha value is -1.16. The zero-order chi connectivity index (χ0) is 11.1. The Morgan fingerprint density at radius 2 is 1.79 bits per heavy atom. The van der Waals surface area contributed by atoms with Crippen LogP contribution in [0, 0.1) is 11.8 Å². The third kappa shape index (κ3) is 4.18. The smallest absolute Gasteiger partial charge is 0.213 e. The van der Waals surface area contributed by atoms with Crippen molar-refractivity contribution >= 4 is 12.7 Å². The van der Waals surface area contributed by atoms with Gasteiger partial charge in [-0.2, -0.15) is 0 Å². The first kappa shape index (κ1) is 12.8. The molecule has 0 aliphatic heterocycles. The maximum atomic E-state index is 10.4. The van der Waals surface area contributed by atoms with Gasteiger partial charge >= 0.3 is 0 Å². The minimum absolute atomic E-state index is 0.155. The zero-order valence-electron chi connectivity index (χ0n) is 8.75. The van der Waals surface area contributed by atoms with Gasteiger partial charge in [0.05, 0.1) is 6.10 Å². The fraction of sp³-hybridized carbons (Fsp3) is 0.600. The van der Waals surface area contributed by atoms with E-state index in [-0.39, 0.29) is 5.92 Å². The number of aldehydes is 1. The second kappa shape index (κ2) is 6.32. The number of hydrogen-bond donors (Lipinski definition) is 1. The van der Waals surface area contributed by atoms with E-state index >= 15 is 0 Å². The monoisotopic (exact) mass is 199 g/mol. The minimum atomic E-state index is -0.705. The van der Waals surface area contributed by atoms with Crippen LogP contribution in [0.4, 0.5) is 0 Å². The Bertz CT molecular complexity index is 215. The molecule has 0 fully saturated rings. The van der Waals surface area contributed by atoms with E-state index in [0.29, 0.717) is 6.41 Å². The first-order valence-corrected chi connectivity index (χ1v) is 4.51. The molecule has 4 nitrogen and oxygen atoms in total. The van der Waals surface area contributed by atoms with Crippen molar-refractivity contribution in [1.82, 2.24) is 4.90 Å². The van der Waals surface area contributed by atoms with Gasteiger partial charge in [-0.1, -0.05) is 19.9 Å². The lowest BCUT2D eigenvalue weighted by Gasteiger charge is -2.18. The van der Waals surface area contributed by atoms with E-state index < -0.39 is 12.0 Å². The Balaban J connectivity index is 4.18. The number of aliphatic hydroxyl groups excluding tert-OH is 1. The van der Waals surface area contributed by atoms with Crippen molar-refractivity contribution in [2.24, 2.45) is 11.8 Å². The summed E-state index contributed by atoms with van der Waals surface area (Å²) in [4.78, 5) is 22.0. The molecule has 0 aromatic heterocycles. The molecule has 0 aromatic carbocycles. The lowest BCUT2D eigenvalue weighted by atomic mass is 9.94. The molecule has 0 spiro atoms. The number of carbonyl (C=O) groups is 2. The molecule has 0 saturated carbocycles. The molecule has 1 amide bonds. The molecule has 0 aliphatic carbocycles. The molecule has 0 bridgehead atoms. The van der Waals surface area contributed by atoms with E-state index in [1.807, 2.05) is 0 Å². The van der Waals surface area contributed by atoms with Crippen LogP contribution in [0.3, 0.4) is 0 Å². The summed E-state index contributed by atoms with van der Waals surface area (Å²) in [5, 5.41) is 9.58. The summed E-state index contributed by atoms with van der Waals surface area (Å²) in [6.07, 6.45) is 3.94. The van der Waals surface area contributed by atoms with Gasteiger partial charge < -0.3 is 14.8 Å². The third-order valence-electron chi connectivity index (χ3n) is 2.08. The van der Waals surface area contributed by atoms with E-state index in [9.17, 15) is 14.7 Å². The number of carbonyl (C=O) groups excluding carboxylic acids is 2. The number of nitrogens with zero attached hydrogens (tertiary/aromatic N) is 1. The largest absolute Gasteiger partial charge is 0.392 e. The summed E-state index contributed by atoms with van der Waals surface area (Å²) in [6.45, 7) is 3.45. The van der Waals surface area contributed by atoms with Gasteiger partial charge in [0.15, 0.2) is 0 Å². The normalized spacial score (nSPS) is 17.4. The number of aliphatic hydroxyl groups is 1. The van der Waals surface area contributed by atoms with Gasteiger partial charge in [0.2, 0.25) is 6.41 Å². The topological polar surface area (TPSA) is 57.6 Å². The number of hydrogen-bond acceptors (Lipinski definition) is 3. The van der Waals surface area contributed by atoms with Crippen LogP contribution in [-0.2, 0) is 9.59 Å². The summed E-state index contributed by atoms with van der Waals surface area (Å²) in [5.74, 6) is -0.547. The van der Waals surface area contributed by atoms with Gasteiger partial charge in [-0.25, -0.2) is 0 Å². The Morgan fingerprint density at radius 1 is 1.21 bits per heavy atom. The summed E-state index contributed by atoms with van der Waals surface area (Å²) >= 11 is 0. The fourth-order valence-corrected chi connectivity index (χ4v) is 0.980. The molecule has 0 saturated heterocycles. The van der Waals surface area contributed by atoms with Crippen LogP contribution in [0.1, 0.15) is 13.8 Å². The number of rotatable bonds is 6. The molecular weight excluding hydrogens is 182 g/mol. The summed E-state index contributed by atoms with van der Waals surface area (Å²) < 4.78 is 0. The molecule has 0 unspecified atom stereocenters. The zero-order valence-corrected chi connectivity index (χ0v) is 8.75. The molecule has 80 valence electrons. The first-order chi connectivity index (χ1) is 6.52. The van der Waals surface area contributed by atoms with Crippen molar-refractivity contribution in [3.8, 4) is 0 Å². The van der Waals surface area contributed by atoms with Crippen molar-refractivity contribution in [3.05, 3.63) is 12.3 Å². The molecule has 0 rings (SSSR count). The summed E-state index contributed by atoms with van der Waals surface area (Å²) in [7, 11) is 1.60. The highest BCUT2D eigenvalue weighted by Crippen LogP contribution is 2.12. The highest BCUT2D eigenvalue weighted by Gasteiger charge is 2.18. The van der Waals surface area contributed by atoms with Crippen LogP contribution in [0.25, 0.3) is 0 Å². The molecule has 0 aliphatic rings. The first-order valence-electron chi connectivity index (χ1n) is 4.51. The molecule has 1 N–H and O–H groups in total. The highest BCUT2D eigenvalue weighted by atomic mass is 16.3. The summed E-state index contributed by atoms with van der Waals surface area (Å²) in [6, 6.07) is 0. The van der Waals surface area contributed by atoms with Gasteiger partial charge in [-0.05, 0) is 0 Å². The van der Waals surface area contributed by atoms with Gasteiger partial charge in [0.25, 0.3) is 0 Å². The number of amides is 1. The molecule has 0 aromatic rings. The SMILES string of the molecule is C[C@H](/C=C/N(C)C=O)[C@@H](O)[C@@H](C)C=O. The predicted octanol–water partition coefficient (Wildman–Crippen LogP) is 0.420. The van der Waals surface area contributed by atoms with Crippen LogP contribution in [0.2, 0.25) is 0 Å². The van der Waals surface area contributed by atoms with E-state index in [1.54, 1.807) is 33.2 Å². The maximum absolute atomic E-state index is 10.4. The van der Waals surface area contributed by atoms with Crippen molar-refractivity contribution < 1.29 is 14.7 Å². The van der Waals surface area contributed by atoms with E-state index in [2.05, 4.69) is 0 Å². The quantitative estimate of drug-likeness (QED) is 0.631. The van der Waals surface area contributed by atoms with E-state index in [1.165, 1.54) is 4.90 Å². The molecule has 3 atom stereocenters. The molecule has 4 heteroatoms. The highest BCUT2D eigenvalue weighted by molar-refractivity contribution is 5.53. The van der Waals surface area contributed by atoms with Crippen LogP contribution >= 0.6 is 0 Å². The van der Waals surface area contributed by atoms with Crippen molar-refractivity contribution in [1.29, 1.82) is 0 Å². The van der Waals surface area contributed by atoms with Gasteiger partial charge in [0, 0.05) is 25.1 Å².